The Morgan fingerprint density at radius 2 is 1.75 bits per heavy atom. The van der Waals surface area contributed by atoms with Gasteiger partial charge < -0.3 is 35.7 Å². The standard InChI is InChI=1S/C46H60N10O3S/c1-29-9-11-36-35(20-29)49-42(60-36)51-39-30(2)32-8-7-13-56(40(32)53-52-39)37-12-10-33(38(50-37)41(57)58)34(21-47)31(3)48-28-45-23-43(4)22-44(5,24-45)26-46(25-43,27-45)59-19-18-55-16-14-54(6)15-17-55/h9-12,20-21,47-48H,7-8,13-19,22-28H2,1-6H3,(H,57,58)(H,49,51,52)/b34-31+,47-21?. The lowest BCUT2D eigenvalue weighted by atomic mass is 9.39. The van der Waals surface area contributed by atoms with Crippen molar-refractivity contribution in [2.45, 2.75) is 91.6 Å². The molecule has 4 saturated carbocycles. The third-order valence-corrected chi connectivity index (χ3v) is 15.1. The van der Waals surface area contributed by atoms with Gasteiger partial charge in [-0.05, 0) is 125 Å². The average Bonchev–Trinajstić information content (AvgIpc) is 3.59. The van der Waals surface area contributed by atoms with Gasteiger partial charge in [0.25, 0.3) is 0 Å². The van der Waals surface area contributed by atoms with E-state index in [0.717, 1.165) is 129 Å². The molecule has 1 aromatic carbocycles. The number of allylic oxidation sites excluding steroid dienone is 2. The van der Waals surface area contributed by atoms with Gasteiger partial charge in [0.1, 0.15) is 5.82 Å². The largest absolute Gasteiger partial charge is 0.476 e. The summed E-state index contributed by atoms with van der Waals surface area (Å²) in [5.74, 6) is 0.698. The third kappa shape index (κ3) is 7.80. The Balaban J connectivity index is 0.931. The van der Waals surface area contributed by atoms with Gasteiger partial charge >= 0.3 is 5.97 Å². The molecule has 10 rings (SSSR count). The number of benzene rings is 1. The van der Waals surface area contributed by atoms with Crippen LogP contribution in [0.4, 0.5) is 22.6 Å². The number of aryl methyl sites for hydroxylation is 1. The number of carboxylic acid groups (broad SMARTS) is 1. The molecule has 5 heterocycles. The van der Waals surface area contributed by atoms with E-state index in [9.17, 15) is 9.90 Å². The van der Waals surface area contributed by atoms with Gasteiger partial charge in [-0.15, -0.1) is 10.2 Å². The quantitative estimate of drug-likeness (QED) is 0.0966. The van der Waals surface area contributed by atoms with E-state index in [1.165, 1.54) is 12.6 Å². The number of carboxylic acids is 1. The molecule has 2 aliphatic heterocycles. The zero-order valence-electron chi connectivity index (χ0n) is 36.1. The molecule has 60 heavy (non-hydrogen) atoms. The maximum absolute atomic E-state index is 12.9. The van der Waals surface area contributed by atoms with Gasteiger partial charge in [0, 0.05) is 80.0 Å². The molecule has 0 amide bonds. The summed E-state index contributed by atoms with van der Waals surface area (Å²) in [6.07, 6.45) is 9.74. The Morgan fingerprint density at radius 3 is 2.48 bits per heavy atom. The lowest BCUT2D eigenvalue weighted by Gasteiger charge is -2.69. The second kappa shape index (κ2) is 15.4. The number of hydrogen-bond donors (Lipinski definition) is 4. The average molecular weight is 833 g/mol. The van der Waals surface area contributed by atoms with Crippen LogP contribution >= 0.6 is 11.3 Å². The van der Waals surface area contributed by atoms with Crippen LogP contribution in [0.2, 0.25) is 0 Å². The van der Waals surface area contributed by atoms with Crippen molar-refractivity contribution < 1.29 is 14.6 Å². The molecule has 0 radical (unpaired) electrons. The molecule has 4 bridgehead atoms. The van der Waals surface area contributed by atoms with Crippen LogP contribution in [0.1, 0.15) is 98.5 Å². The van der Waals surface area contributed by atoms with Crippen LogP contribution in [-0.4, -0.2) is 112 Å². The van der Waals surface area contributed by atoms with Crippen molar-refractivity contribution in [1.82, 2.24) is 35.3 Å². The SMILES string of the molecule is C/C(NCC12CC3(C)CC(C)(C1)CC(OCCN1CCN(C)CC1)(C3)C2)=C(/C=N)c1ccc(N2CCCc3c2nnc(Nc2nc4cc(C)ccc4s2)c3C)nc1C(=O)O. The van der Waals surface area contributed by atoms with Crippen LogP contribution in [-0.2, 0) is 11.2 Å². The summed E-state index contributed by atoms with van der Waals surface area (Å²) in [4.78, 5) is 29.4. The zero-order chi connectivity index (χ0) is 42.0. The fraction of sp³-hybridized carbons (Fsp3) is 0.565. The number of nitrogens with one attached hydrogen (secondary N) is 3. The lowest BCUT2D eigenvalue weighted by Crippen LogP contribution is -2.65. The minimum atomic E-state index is -1.14. The number of carbonyl (C=O) groups is 1. The fourth-order valence-corrected chi connectivity index (χ4v) is 13.4. The minimum absolute atomic E-state index is 0.0575. The Kier molecular flexibility index (Phi) is 10.5. The van der Waals surface area contributed by atoms with Crippen molar-refractivity contribution in [2.24, 2.45) is 16.2 Å². The molecule has 5 fully saturated rings. The van der Waals surface area contributed by atoms with Gasteiger partial charge in [-0.25, -0.2) is 14.8 Å². The van der Waals surface area contributed by atoms with Gasteiger partial charge in [0.15, 0.2) is 22.5 Å². The highest BCUT2D eigenvalue weighted by atomic mass is 32.1. The van der Waals surface area contributed by atoms with Gasteiger partial charge in [-0.3, -0.25) is 4.90 Å². The number of hydrogen-bond acceptors (Lipinski definition) is 13. The number of rotatable bonds is 13. The highest BCUT2D eigenvalue weighted by Crippen LogP contribution is 2.71. The summed E-state index contributed by atoms with van der Waals surface area (Å²) in [5, 5.41) is 36.3. The fourth-order valence-electron chi connectivity index (χ4n) is 12.5. The maximum atomic E-state index is 12.9. The smallest absolute Gasteiger partial charge is 0.355 e. The third-order valence-electron chi connectivity index (χ3n) is 14.1. The van der Waals surface area contributed by atoms with E-state index < -0.39 is 5.97 Å². The number of pyridine rings is 1. The van der Waals surface area contributed by atoms with Crippen LogP contribution in [0.25, 0.3) is 15.8 Å². The highest BCUT2D eigenvalue weighted by Gasteiger charge is 2.66. The molecular weight excluding hydrogens is 773 g/mol. The monoisotopic (exact) mass is 832 g/mol. The molecule has 2 atom stereocenters. The van der Waals surface area contributed by atoms with Crippen LogP contribution < -0.4 is 15.5 Å². The van der Waals surface area contributed by atoms with Gasteiger partial charge in [-0.1, -0.05) is 31.3 Å². The Labute approximate surface area is 357 Å². The molecule has 0 spiro atoms. The molecule has 318 valence electrons. The summed E-state index contributed by atoms with van der Waals surface area (Å²) in [7, 11) is 2.20. The number of likely N-dealkylation sites (N-methyl/N-ethyl adjacent to an activating group) is 1. The molecule has 6 aliphatic rings. The number of nitrogens with zero attached hydrogens (tertiary/aromatic N) is 7. The van der Waals surface area contributed by atoms with Crippen molar-refractivity contribution >= 4 is 61.9 Å². The van der Waals surface area contributed by atoms with Crippen molar-refractivity contribution in [1.29, 1.82) is 5.41 Å². The van der Waals surface area contributed by atoms with E-state index in [0.29, 0.717) is 35.1 Å². The molecule has 14 heteroatoms. The van der Waals surface area contributed by atoms with Crippen LogP contribution in [0.5, 0.6) is 0 Å². The molecule has 4 aromatic rings. The summed E-state index contributed by atoms with van der Waals surface area (Å²) < 4.78 is 8.13. The lowest BCUT2D eigenvalue weighted by molar-refractivity contribution is -0.244. The number of piperazine rings is 1. The van der Waals surface area contributed by atoms with E-state index in [1.807, 2.05) is 24.8 Å². The first kappa shape index (κ1) is 40.9. The molecule has 4 N–H and O–H groups in total. The number of fused-ring (bicyclic) bond motifs is 2. The highest BCUT2D eigenvalue weighted by molar-refractivity contribution is 7.22. The number of anilines is 4. The summed E-state index contributed by atoms with van der Waals surface area (Å²) >= 11 is 1.58. The van der Waals surface area contributed by atoms with E-state index in [4.69, 9.17) is 20.1 Å². The normalized spacial score (nSPS) is 28.1. The molecule has 13 nitrogen and oxygen atoms in total. The summed E-state index contributed by atoms with van der Waals surface area (Å²) in [6, 6.07) is 9.90. The predicted octanol–water partition coefficient (Wildman–Crippen LogP) is 7.98. The van der Waals surface area contributed by atoms with E-state index in [2.05, 4.69) is 76.6 Å². The summed E-state index contributed by atoms with van der Waals surface area (Å²) in [6.45, 7) is 18.6. The Hall–Kier alpha value is -4.50. The minimum Gasteiger partial charge on any atom is -0.476 e. The van der Waals surface area contributed by atoms with Crippen molar-refractivity contribution in [3.05, 3.63) is 64.0 Å². The van der Waals surface area contributed by atoms with E-state index in [-0.39, 0.29) is 27.5 Å². The molecule has 3 aromatic heterocycles. The van der Waals surface area contributed by atoms with Crippen molar-refractivity contribution in [3.63, 3.8) is 0 Å². The van der Waals surface area contributed by atoms with Crippen LogP contribution in [0.3, 0.4) is 0 Å². The van der Waals surface area contributed by atoms with Gasteiger partial charge in [-0.2, -0.15) is 0 Å². The predicted molar refractivity (Wildman–Crippen MR) is 239 cm³/mol. The zero-order valence-corrected chi connectivity index (χ0v) is 36.9. The van der Waals surface area contributed by atoms with Crippen molar-refractivity contribution in [2.75, 3.05) is 69.7 Å². The molecule has 4 aliphatic carbocycles. The van der Waals surface area contributed by atoms with Gasteiger partial charge in [0.05, 0.1) is 22.4 Å². The number of ether oxygens (including phenoxy) is 1. The first-order valence-electron chi connectivity index (χ1n) is 21.7. The maximum Gasteiger partial charge on any atom is 0.355 e. The molecule has 1 saturated heterocycles. The topological polar surface area (TPSA) is 156 Å². The first-order valence-corrected chi connectivity index (χ1v) is 22.5. The number of aromatic carboxylic acids is 1. The van der Waals surface area contributed by atoms with Crippen molar-refractivity contribution in [3.8, 4) is 0 Å². The number of aromatic nitrogens is 4. The van der Waals surface area contributed by atoms with Crippen LogP contribution in [0, 0.1) is 35.5 Å². The van der Waals surface area contributed by atoms with Gasteiger partial charge in [0.2, 0.25) is 0 Å². The Morgan fingerprint density at radius 1 is 0.983 bits per heavy atom. The van der Waals surface area contributed by atoms with E-state index in [1.54, 1.807) is 17.4 Å². The first-order chi connectivity index (χ1) is 28.7. The van der Waals surface area contributed by atoms with Crippen LogP contribution in [0.15, 0.2) is 36.0 Å². The second-order valence-corrected chi connectivity index (χ2v) is 20.6. The molecular formula is C46H60N10O3S. The Bertz CT molecular complexity index is 2350. The van der Waals surface area contributed by atoms with E-state index >= 15 is 0 Å². The molecule has 2 unspecified atom stereocenters. The second-order valence-electron chi connectivity index (χ2n) is 19.6. The summed E-state index contributed by atoms with van der Waals surface area (Å²) in [5.41, 5.74) is 6.18. The number of thiazole rings is 1.